The maximum Gasteiger partial charge on any atom is 0.387 e. The number of ether oxygens (including phenoxy) is 1. The van der Waals surface area contributed by atoms with Gasteiger partial charge in [-0.25, -0.2) is 18.2 Å². The summed E-state index contributed by atoms with van der Waals surface area (Å²) in [6.07, 6.45) is 0.954. The molecule has 0 aliphatic carbocycles. The molecule has 28 heavy (non-hydrogen) atoms. The molecule has 0 unspecified atom stereocenters. The van der Waals surface area contributed by atoms with Crippen LogP contribution in [0.2, 0.25) is 0 Å². The van der Waals surface area contributed by atoms with Gasteiger partial charge >= 0.3 is 12.3 Å². The first-order valence-electron chi connectivity index (χ1n) is 7.76. The zero-order valence-corrected chi connectivity index (χ0v) is 15.4. The summed E-state index contributed by atoms with van der Waals surface area (Å²) in [5.41, 5.74) is -1.34. The third-order valence-electron chi connectivity index (χ3n) is 3.93. The van der Waals surface area contributed by atoms with Gasteiger partial charge < -0.3 is 4.74 Å². The second kappa shape index (κ2) is 7.03. The Morgan fingerprint density at radius 1 is 1.29 bits per heavy atom. The highest BCUT2D eigenvalue weighted by molar-refractivity contribution is 7.92. The molecule has 3 rings (SSSR count). The summed E-state index contributed by atoms with van der Waals surface area (Å²) in [7, 11) is -2.94. The van der Waals surface area contributed by atoms with Gasteiger partial charge in [0.1, 0.15) is 16.3 Å². The third-order valence-corrected chi connectivity index (χ3v) is 5.24. The van der Waals surface area contributed by atoms with E-state index in [-0.39, 0.29) is 22.5 Å². The van der Waals surface area contributed by atoms with Gasteiger partial charge in [-0.3, -0.25) is 19.1 Å². The number of anilines is 1. The third kappa shape index (κ3) is 3.58. The monoisotopic (exact) mass is 412 g/mol. The minimum Gasteiger partial charge on any atom is -0.433 e. The predicted molar refractivity (Wildman–Crippen MR) is 96.2 cm³/mol. The van der Waals surface area contributed by atoms with Crippen LogP contribution in [0.3, 0.4) is 0 Å². The first-order valence-corrected chi connectivity index (χ1v) is 9.25. The van der Waals surface area contributed by atoms with Crippen LogP contribution >= 0.6 is 0 Å². The van der Waals surface area contributed by atoms with E-state index >= 15 is 0 Å². The van der Waals surface area contributed by atoms with Gasteiger partial charge in [0.05, 0.1) is 11.1 Å². The maximum atomic E-state index is 12.7. The van der Waals surface area contributed by atoms with Gasteiger partial charge in [0, 0.05) is 13.2 Å². The normalized spacial score (nSPS) is 11.8. The molecule has 2 N–H and O–H groups in total. The molecule has 0 bridgehead atoms. The van der Waals surface area contributed by atoms with Gasteiger partial charge in [0.2, 0.25) is 0 Å². The fraction of sp³-hybridized carbons (Fsp3) is 0.188. The molecule has 3 aromatic rings. The molecule has 0 amide bonds. The van der Waals surface area contributed by atoms with E-state index in [9.17, 15) is 26.8 Å². The van der Waals surface area contributed by atoms with E-state index in [1.807, 2.05) is 4.98 Å². The maximum absolute atomic E-state index is 12.7. The van der Waals surface area contributed by atoms with Crippen molar-refractivity contribution in [1.82, 2.24) is 14.5 Å². The molecule has 0 atom stereocenters. The molecule has 0 saturated heterocycles. The minimum atomic E-state index is -4.30. The Kier molecular flexibility index (Phi) is 4.89. The summed E-state index contributed by atoms with van der Waals surface area (Å²) in [6, 6.07) is 5.17. The number of fused-ring (bicyclic) bond motifs is 1. The van der Waals surface area contributed by atoms with Crippen LogP contribution in [0.1, 0.15) is 5.56 Å². The molecule has 0 fully saturated rings. The standard InChI is InChI=1S/C16H14F2N4O5S/c1-8-4-3-5-11(27-15(17)18)12(8)21-28(25,26)9-6-10-13(19-7-9)22(2)16(24)20-14(10)23/h3-7,15,21H,1-2H3,(H,20,23,24). The number of nitrogens with one attached hydrogen (secondary N) is 2. The molecule has 12 heteroatoms. The van der Waals surface area contributed by atoms with Gasteiger partial charge in [-0.2, -0.15) is 8.78 Å². The number of aromatic nitrogens is 3. The SMILES string of the molecule is Cc1cccc(OC(F)F)c1NS(=O)(=O)c1cnc2c(c1)c(=O)[nH]c(=O)n2C. The van der Waals surface area contributed by atoms with Gasteiger partial charge in [-0.15, -0.1) is 0 Å². The Bertz CT molecular complexity index is 1280. The highest BCUT2D eigenvalue weighted by Gasteiger charge is 2.21. The molecule has 0 spiro atoms. The van der Waals surface area contributed by atoms with Crippen molar-refractivity contribution in [2.24, 2.45) is 7.05 Å². The zero-order chi connectivity index (χ0) is 20.6. The predicted octanol–water partition coefficient (Wildman–Crippen LogP) is 1.33. The summed E-state index contributed by atoms with van der Waals surface area (Å²) in [5, 5.41) is -0.126. The lowest BCUT2D eigenvalue weighted by Gasteiger charge is -2.15. The molecule has 2 aromatic heterocycles. The molecular formula is C16H14F2N4O5S. The number of aromatic amines is 1. The summed E-state index contributed by atoms with van der Waals surface area (Å²) < 4.78 is 58.2. The highest BCUT2D eigenvalue weighted by atomic mass is 32.2. The lowest BCUT2D eigenvalue weighted by atomic mass is 10.2. The number of pyridine rings is 1. The number of hydrogen-bond acceptors (Lipinski definition) is 6. The van der Waals surface area contributed by atoms with Gasteiger partial charge in [-0.1, -0.05) is 12.1 Å². The molecule has 9 nitrogen and oxygen atoms in total. The van der Waals surface area contributed by atoms with Crippen LogP contribution in [-0.4, -0.2) is 29.6 Å². The Balaban J connectivity index is 2.10. The topological polar surface area (TPSA) is 123 Å². The van der Waals surface area contributed by atoms with E-state index in [0.29, 0.717) is 5.56 Å². The number of para-hydroxylation sites is 1. The molecule has 148 valence electrons. The number of sulfonamides is 1. The Morgan fingerprint density at radius 2 is 2.00 bits per heavy atom. The molecule has 0 radical (unpaired) electrons. The van der Waals surface area contributed by atoms with Crippen molar-refractivity contribution >= 4 is 26.7 Å². The van der Waals surface area contributed by atoms with Crippen molar-refractivity contribution in [3.05, 3.63) is 56.9 Å². The van der Waals surface area contributed by atoms with Gasteiger partial charge in [-0.05, 0) is 24.6 Å². The number of aryl methyl sites for hydroxylation is 2. The number of rotatable bonds is 5. The van der Waals surface area contributed by atoms with Gasteiger partial charge in [0.15, 0.2) is 0 Å². The van der Waals surface area contributed by atoms with E-state index < -0.39 is 32.8 Å². The van der Waals surface area contributed by atoms with Crippen LogP contribution in [0.15, 0.2) is 44.9 Å². The highest BCUT2D eigenvalue weighted by Crippen LogP contribution is 2.31. The van der Waals surface area contributed by atoms with E-state index in [4.69, 9.17) is 0 Å². The Labute approximate surface area is 156 Å². The van der Waals surface area contributed by atoms with Crippen LogP contribution in [0, 0.1) is 6.92 Å². The van der Waals surface area contributed by atoms with Crippen LogP contribution in [0.5, 0.6) is 5.75 Å². The largest absolute Gasteiger partial charge is 0.433 e. The van der Waals surface area contributed by atoms with Crippen molar-refractivity contribution < 1.29 is 21.9 Å². The number of hydrogen-bond donors (Lipinski definition) is 2. The minimum absolute atomic E-state index is 0.00897. The summed E-state index contributed by atoms with van der Waals surface area (Å²) in [6.45, 7) is -1.64. The zero-order valence-electron chi connectivity index (χ0n) is 14.6. The first kappa shape index (κ1) is 19.5. The second-order valence-corrected chi connectivity index (χ2v) is 7.47. The second-order valence-electron chi connectivity index (χ2n) is 5.79. The molecule has 2 heterocycles. The van der Waals surface area contributed by atoms with Crippen LogP contribution in [-0.2, 0) is 17.1 Å². The Hall–Kier alpha value is -3.28. The summed E-state index contributed by atoms with van der Waals surface area (Å²) in [4.78, 5) is 29.1. The van der Waals surface area contributed by atoms with E-state index in [1.165, 1.54) is 32.2 Å². The Morgan fingerprint density at radius 3 is 2.68 bits per heavy atom. The fourth-order valence-corrected chi connectivity index (χ4v) is 3.64. The van der Waals surface area contributed by atoms with E-state index in [2.05, 4.69) is 14.4 Å². The van der Waals surface area contributed by atoms with Crippen molar-refractivity contribution in [3.63, 3.8) is 0 Å². The number of alkyl halides is 2. The van der Waals surface area contributed by atoms with Gasteiger partial charge in [0.25, 0.3) is 15.6 Å². The fourth-order valence-electron chi connectivity index (χ4n) is 2.52. The quantitative estimate of drug-likeness (QED) is 0.652. The van der Waals surface area contributed by atoms with Crippen molar-refractivity contribution in [1.29, 1.82) is 0 Å². The van der Waals surface area contributed by atoms with Crippen LogP contribution in [0.25, 0.3) is 11.0 Å². The molecular weight excluding hydrogens is 398 g/mol. The average Bonchev–Trinajstić information content (AvgIpc) is 2.62. The van der Waals surface area contributed by atoms with Crippen molar-refractivity contribution in [2.45, 2.75) is 18.4 Å². The summed E-state index contributed by atoms with van der Waals surface area (Å²) in [5.74, 6) is -0.354. The lowest BCUT2D eigenvalue weighted by molar-refractivity contribution is -0.0493. The first-order chi connectivity index (χ1) is 13.1. The number of benzene rings is 1. The van der Waals surface area contributed by atoms with E-state index in [0.717, 1.165) is 16.8 Å². The van der Waals surface area contributed by atoms with Crippen molar-refractivity contribution in [3.8, 4) is 5.75 Å². The average molecular weight is 412 g/mol. The number of H-pyrrole nitrogens is 1. The molecule has 1 aromatic carbocycles. The molecule has 0 aliphatic rings. The van der Waals surface area contributed by atoms with Crippen LogP contribution < -0.4 is 20.7 Å². The number of nitrogens with zero attached hydrogens (tertiary/aromatic N) is 2. The molecule has 0 saturated carbocycles. The molecule has 0 aliphatic heterocycles. The van der Waals surface area contributed by atoms with Crippen LogP contribution in [0.4, 0.5) is 14.5 Å². The van der Waals surface area contributed by atoms with E-state index in [1.54, 1.807) is 0 Å². The smallest absolute Gasteiger partial charge is 0.387 e. The lowest BCUT2D eigenvalue weighted by Crippen LogP contribution is -2.29. The van der Waals surface area contributed by atoms with Crippen molar-refractivity contribution in [2.75, 3.05) is 4.72 Å². The summed E-state index contributed by atoms with van der Waals surface area (Å²) >= 11 is 0. The number of halogens is 2.